The normalized spacial score (nSPS) is 16.8. The molecule has 122 valence electrons. The van der Waals surface area contributed by atoms with Gasteiger partial charge in [0.05, 0.1) is 11.6 Å². The first-order valence-corrected chi connectivity index (χ1v) is 8.31. The number of hydrogen-bond acceptors (Lipinski definition) is 3. The van der Waals surface area contributed by atoms with Crippen LogP contribution in [0.5, 0.6) is 0 Å². The molecule has 5 nitrogen and oxygen atoms in total. The fraction of sp³-hybridized carbons (Fsp3) is 0.316. The third-order valence-electron chi connectivity index (χ3n) is 4.95. The van der Waals surface area contributed by atoms with Crippen LogP contribution in [-0.2, 0) is 6.42 Å². The molecule has 0 saturated carbocycles. The van der Waals surface area contributed by atoms with Crippen molar-refractivity contribution in [3.63, 3.8) is 0 Å². The van der Waals surface area contributed by atoms with E-state index in [1.807, 2.05) is 41.6 Å². The Hall–Kier alpha value is -2.69. The largest absolute Gasteiger partial charge is 0.335 e. The third kappa shape index (κ3) is 2.37. The summed E-state index contributed by atoms with van der Waals surface area (Å²) in [4.78, 5) is 14.9. The Balaban J connectivity index is 1.67. The molecule has 0 spiro atoms. The summed E-state index contributed by atoms with van der Waals surface area (Å²) in [6.45, 7) is 1.88. The van der Waals surface area contributed by atoms with Crippen molar-refractivity contribution >= 4 is 11.6 Å². The molecule has 5 heteroatoms. The average molecular weight is 320 g/mol. The van der Waals surface area contributed by atoms with Crippen LogP contribution in [-0.4, -0.2) is 32.5 Å². The zero-order valence-electron chi connectivity index (χ0n) is 13.9. The first kappa shape index (κ1) is 14.9. The standard InChI is InChI=1S/C19H20N4O/c1-13-20-21-18-11-10-15(12-23(13)18)19(24)22(2)17-9-5-7-14-6-3-4-8-16(14)17/h3-4,6,8,10-12,17H,5,7,9H2,1-2H3/t17-/m0/s1. The Labute approximate surface area is 140 Å². The molecule has 0 aliphatic heterocycles. The van der Waals surface area contributed by atoms with Crippen LogP contribution in [0, 0.1) is 6.92 Å². The summed E-state index contributed by atoms with van der Waals surface area (Å²) < 4.78 is 1.86. The fourth-order valence-corrected chi connectivity index (χ4v) is 3.61. The van der Waals surface area contributed by atoms with Gasteiger partial charge in [0, 0.05) is 13.2 Å². The summed E-state index contributed by atoms with van der Waals surface area (Å²) in [6.07, 6.45) is 5.05. The maximum atomic E-state index is 13.0. The van der Waals surface area contributed by atoms with E-state index in [9.17, 15) is 4.79 Å². The molecule has 0 bridgehead atoms. The summed E-state index contributed by atoms with van der Waals surface area (Å²) >= 11 is 0. The highest BCUT2D eigenvalue weighted by molar-refractivity contribution is 5.94. The highest BCUT2D eigenvalue weighted by Crippen LogP contribution is 2.34. The van der Waals surface area contributed by atoms with Gasteiger partial charge < -0.3 is 4.90 Å². The Bertz CT molecular complexity index is 915. The summed E-state index contributed by atoms with van der Waals surface area (Å²) in [6, 6.07) is 12.3. The van der Waals surface area contributed by atoms with E-state index >= 15 is 0 Å². The number of rotatable bonds is 2. The summed E-state index contributed by atoms with van der Waals surface area (Å²) in [5, 5.41) is 8.12. The third-order valence-corrected chi connectivity index (χ3v) is 4.95. The van der Waals surface area contributed by atoms with Crippen LogP contribution in [0.3, 0.4) is 0 Å². The molecule has 1 amide bonds. The number of aromatic nitrogens is 3. The van der Waals surface area contributed by atoms with Crippen LogP contribution in [0.15, 0.2) is 42.6 Å². The maximum Gasteiger partial charge on any atom is 0.255 e. The van der Waals surface area contributed by atoms with Gasteiger partial charge in [-0.3, -0.25) is 9.20 Å². The smallest absolute Gasteiger partial charge is 0.255 e. The molecule has 0 radical (unpaired) electrons. The molecular weight excluding hydrogens is 300 g/mol. The van der Waals surface area contributed by atoms with Gasteiger partial charge in [0.15, 0.2) is 5.65 Å². The first-order chi connectivity index (χ1) is 11.6. The molecule has 4 rings (SSSR count). The lowest BCUT2D eigenvalue weighted by Crippen LogP contribution is -2.33. The Morgan fingerprint density at radius 2 is 2.04 bits per heavy atom. The van der Waals surface area contributed by atoms with E-state index in [-0.39, 0.29) is 11.9 Å². The van der Waals surface area contributed by atoms with Crippen molar-refractivity contribution in [1.82, 2.24) is 19.5 Å². The van der Waals surface area contributed by atoms with Crippen molar-refractivity contribution in [2.24, 2.45) is 0 Å². The van der Waals surface area contributed by atoms with E-state index in [2.05, 4.69) is 34.5 Å². The monoisotopic (exact) mass is 320 g/mol. The van der Waals surface area contributed by atoms with Crippen molar-refractivity contribution in [2.75, 3.05) is 7.05 Å². The van der Waals surface area contributed by atoms with Gasteiger partial charge in [0.25, 0.3) is 5.91 Å². The van der Waals surface area contributed by atoms with E-state index in [1.54, 1.807) is 0 Å². The predicted molar refractivity (Wildman–Crippen MR) is 91.9 cm³/mol. The van der Waals surface area contributed by atoms with Gasteiger partial charge >= 0.3 is 0 Å². The SMILES string of the molecule is Cc1nnc2ccc(C(=O)N(C)[C@H]3CCCc4ccccc43)cn12. The minimum Gasteiger partial charge on any atom is -0.335 e. The minimum absolute atomic E-state index is 0.0340. The van der Waals surface area contributed by atoms with Gasteiger partial charge in [-0.1, -0.05) is 24.3 Å². The molecule has 2 heterocycles. The molecule has 1 aromatic carbocycles. The van der Waals surface area contributed by atoms with Crippen molar-refractivity contribution in [3.8, 4) is 0 Å². The molecule has 3 aromatic rings. The van der Waals surface area contributed by atoms with Crippen LogP contribution in [0.4, 0.5) is 0 Å². The van der Waals surface area contributed by atoms with E-state index in [1.165, 1.54) is 11.1 Å². The Kier molecular flexibility index (Phi) is 3.56. The van der Waals surface area contributed by atoms with Crippen molar-refractivity contribution in [3.05, 3.63) is 65.1 Å². The zero-order valence-corrected chi connectivity index (χ0v) is 13.9. The highest BCUT2D eigenvalue weighted by atomic mass is 16.2. The molecule has 0 fully saturated rings. The van der Waals surface area contributed by atoms with Crippen molar-refractivity contribution < 1.29 is 4.79 Å². The van der Waals surface area contributed by atoms with Gasteiger partial charge in [0.1, 0.15) is 5.82 Å². The van der Waals surface area contributed by atoms with E-state index in [0.29, 0.717) is 5.56 Å². The van der Waals surface area contributed by atoms with Gasteiger partial charge in [-0.25, -0.2) is 0 Å². The van der Waals surface area contributed by atoms with Crippen molar-refractivity contribution in [1.29, 1.82) is 0 Å². The minimum atomic E-state index is 0.0340. The molecule has 0 N–H and O–H groups in total. The summed E-state index contributed by atoms with van der Waals surface area (Å²) in [5.41, 5.74) is 4.06. The lowest BCUT2D eigenvalue weighted by Gasteiger charge is -2.33. The van der Waals surface area contributed by atoms with Gasteiger partial charge in [-0.2, -0.15) is 0 Å². The van der Waals surface area contributed by atoms with Crippen LogP contribution in [0.1, 0.15) is 46.2 Å². The molecule has 1 atom stereocenters. The number of carbonyl (C=O) groups is 1. The predicted octanol–water partition coefficient (Wildman–Crippen LogP) is 3.19. The lowest BCUT2D eigenvalue weighted by molar-refractivity contribution is 0.0714. The quantitative estimate of drug-likeness (QED) is 0.728. The second-order valence-electron chi connectivity index (χ2n) is 6.42. The number of carbonyl (C=O) groups excluding carboxylic acids is 1. The molecule has 2 aromatic heterocycles. The second-order valence-corrected chi connectivity index (χ2v) is 6.42. The number of benzene rings is 1. The van der Waals surface area contributed by atoms with Crippen LogP contribution in [0.25, 0.3) is 5.65 Å². The summed E-state index contributed by atoms with van der Waals surface area (Å²) in [7, 11) is 1.90. The lowest BCUT2D eigenvalue weighted by atomic mass is 9.87. The van der Waals surface area contributed by atoms with Crippen LogP contribution < -0.4 is 0 Å². The molecule has 0 saturated heterocycles. The molecule has 1 aliphatic carbocycles. The zero-order chi connectivity index (χ0) is 16.7. The molecule has 0 unspecified atom stereocenters. The fourth-order valence-electron chi connectivity index (χ4n) is 3.61. The maximum absolute atomic E-state index is 13.0. The number of pyridine rings is 1. The number of nitrogens with zero attached hydrogens (tertiary/aromatic N) is 4. The van der Waals surface area contributed by atoms with Gasteiger partial charge in [-0.05, 0) is 49.4 Å². The average Bonchev–Trinajstić information content (AvgIpc) is 3.00. The molecule has 24 heavy (non-hydrogen) atoms. The number of fused-ring (bicyclic) bond motifs is 2. The Morgan fingerprint density at radius 3 is 2.92 bits per heavy atom. The van der Waals surface area contributed by atoms with E-state index < -0.39 is 0 Å². The van der Waals surface area contributed by atoms with E-state index in [0.717, 1.165) is 30.7 Å². The highest BCUT2D eigenvalue weighted by Gasteiger charge is 2.27. The number of aryl methyl sites for hydroxylation is 2. The Morgan fingerprint density at radius 1 is 1.21 bits per heavy atom. The van der Waals surface area contributed by atoms with Gasteiger partial charge in [-0.15, -0.1) is 10.2 Å². The van der Waals surface area contributed by atoms with Crippen LogP contribution in [0.2, 0.25) is 0 Å². The van der Waals surface area contributed by atoms with Gasteiger partial charge in [0.2, 0.25) is 0 Å². The number of amides is 1. The topological polar surface area (TPSA) is 50.5 Å². The second kappa shape index (κ2) is 5.74. The van der Waals surface area contributed by atoms with Crippen molar-refractivity contribution in [2.45, 2.75) is 32.2 Å². The van der Waals surface area contributed by atoms with E-state index in [4.69, 9.17) is 0 Å². The van der Waals surface area contributed by atoms with Crippen LogP contribution >= 0.6 is 0 Å². The molecular formula is C19H20N4O. The molecule has 1 aliphatic rings. The first-order valence-electron chi connectivity index (χ1n) is 8.31. The number of hydrogen-bond donors (Lipinski definition) is 0. The summed E-state index contributed by atoms with van der Waals surface area (Å²) in [5.74, 6) is 0.817.